The highest BCUT2D eigenvalue weighted by atomic mass is 35.5. The van der Waals surface area contributed by atoms with Crippen LogP contribution in [0.5, 0.6) is 5.75 Å². The fourth-order valence-corrected chi connectivity index (χ4v) is 5.45. The first-order valence-corrected chi connectivity index (χ1v) is 12.2. The summed E-state index contributed by atoms with van der Waals surface area (Å²) >= 11 is 6.45. The lowest BCUT2D eigenvalue weighted by molar-refractivity contribution is 0.0152. The SMILES string of the molecule is CCc1nn(C[C@H](C)Cc2c(Cl)ccc(C(=O)O)c2OC)c2c1C(=O)NCC1(CCOCC1)C2. The molecule has 1 fully saturated rings. The molecule has 4 rings (SSSR count). The van der Waals surface area contributed by atoms with E-state index in [9.17, 15) is 14.7 Å². The molecule has 0 saturated carbocycles. The zero-order valence-corrected chi connectivity index (χ0v) is 20.7. The van der Waals surface area contributed by atoms with E-state index in [1.54, 1.807) is 6.07 Å². The van der Waals surface area contributed by atoms with Crippen LogP contribution in [0.25, 0.3) is 0 Å². The van der Waals surface area contributed by atoms with Gasteiger partial charge in [-0.1, -0.05) is 25.4 Å². The number of aromatic nitrogens is 2. The van der Waals surface area contributed by atoms with Crippen molar-refractivity contribution >= 4 is 23.5 Å². The summed E-state index contributed by atoms with van der Waals surface area (Å²) in [6.07, 6.45) is 3.79. The van der Waals surface area contributed by atoms with Gasteiger partial charge in [0.15, 0.2) is 0 Å². The average Bonchev–Trinajstić information content (AvgIpc) is 3.08. The Morgan fingerprint density at radius 1 is 1.38 bits per heavy atom. The minimum absolute atomic E-state index is 0.0203. The lowest BCUT2D eigenvalue weighted by atomic mass is 9.76. The van der Waals surface area contributed by atoms with Gasteiger partial charge in [0.25, 0.3) is 5.91 Å². The first kappa shape index (κ1) is 24.5. The van der Waals surface area contributed by atoms with Crippen molar-refractivity contribution in [1.29, 1.82) is 0 Å². The van der Waals surface area contributed by atoms with Gasteiger partial charge in [0, 0.05) is 36.9 Å². The van der Waals surface area contributed by atoms with E-state index in [2.05, 4.69) is 12.2 Å². The maximum absolute atomic E-state index is 13.0. The molecule has 0 unspecified atom stereocenters. The molecule has 1 aromatic heterocycles. The molecular weight excluding hydrogens is 458 g/mol. The Morgan fingerprint density at radius 2 is 2.12 bits per heavy atom. The number of carboxylic acids is 1. The molecule has 184 valence electrons. The standard InChI is InChI=1S/C25H32ClN3O5/c1-4-19-21-20(12-25(14-27-23(21)30)7-9-34-10-8-25)29(28-19)13-15(2)11-17-18(26)6-5-16(24(31)32)22(17)33-3/h5-6,15H,4,7-14H2,1-3H3,(H,27,30)(H,31,32)/t15-/m1/s1. The van der Waals surface area contributed by atoms with Crippen LogP contribution in [0, 0.1) is 11.3 Å². The number of hydrogen-bond donors (Lipinski definition) is 2. The number of nitrogens with zero attached hydrogens (tertiary/aromatic N) is 2. The third kappa shape index (κ3) is 4.66. The third-order valence-corrected chi connectivity index (χ3v) is 7.44. The second-order valence-electron chi connectivity index (χ2n) is 9.50. The normalized spacial score (nSPS) is 18.2. The zero-order chi connectivity index (χ0) is 24.5. The van der Waals surface area contributed by atoms with Crippen LogP contribution in [0.2, 0.25) is 5.02 Å². The molecule has 0 aliphatic carbocycles. The number of aromatic carboxylic acids is 1. The summed E-state index contributed by atoms with van der Waals surface area (Å²) in [6, 6.07) is 3.06. The number of amides is 1. The summed E-state index contributed by atoms with van der Waals surface area (Å²) in [7, 11) is 1.46. The second kappa shape index (κ2) is 9.96. The lowest BCUT2D eigenvalue weighted by Gasteiger charge is -2.36. The van der Waals surface area contributed by atoms with Crippen LogP contribution in [0.15, 0.2) is 12.1 Å². The van der Waals surface area contributed by atoms with Crippen molar-refractivity contribution in [3.05, 3.63) is 45.2 Å². The maximum atomic E-state index is 13.0. The minimum Gasteiger partial charge on any atom is -0.496 e. The Morgan fingerprint density at radius 3 is 2.76 bits per heavy atom. The fourth-order valence-electron chi connectivity index (χ4n) is 5.23. The number of fused-ring (bicyclic) bond motifs is 1. The number of carboxylic acid groups (broad SMARTS) is 1. The van der Waals surface area contributed by atoms with Crippen molar-refractivity contribution in [2.75, 3.05) is 26.9 Å². The van der Waals surface area contributed by atoms with Gasteiger partial charge in [-0.25, -0.2) is 4.79 Å². The molecule has 34 heavy (non-hydrogen) atoms. The van der Waals surface area contributed by atoms with Crippen LogP contribution >= 0.6 is 11.6 Å². The minimum atomic E-state index is -1.06. The molecule has 0 radical (unpaired) electrons. The summed E-state index contributed by atoms with van der Waals surface area (Å²) in [5.41, 5.74) is 3.25. The van der Waals surface area contributed by atoms with Gasteiger partial charge < -0.3 is 19.9 Å². The van der Waals surface area contributed by atoms with Crippen molar-refractivity contribution in [3.8, 4) is 5.75 Å². The van der Waals surface area contributed by atoms with Gasteiger partial charge in [0.2, 0.25) is 0 Å². The van der Waals surface area contributed by atoms with Crippen molar-refractivity contribution in [3.63, 3.8) is 0 Å². The molecule has 2 aliphatic rings. The van der Waals surface area contributed by atoms with Crippen molar-refractivity contribution in [1.82, 2.24) is 15.1 Å². The monoisotopic (exact) mass is 489 g/mol. The van der Waals surface area contributed by atoms with E-state index in [0.717, 1.165) is 30.7 Å². The number of rotatable bonds is 7. The summed E-state index contributed by atoms with van der Waals surface area (Å²) in [5, 5.41) is 18.0. The predicted octanol–water partition coefficient (Wildman–Crippen LogP) is 3.77. The van der Waals surface area contributed by atoms with E-state index in [-0.39, 0.29) is 22.8 Å². The Labute approximate surface area is 204 Å². The number of carbonyl (C=O) groups is 2. The fraction of sp³-hybridized carbons (Fsp3) is 0.560. The highest BCUT2D eigenvalue weighted by molar-refractivity contribution is 6.31. The number of aryl methyl sites for hydroxylation is 1. The van der Waals surface area contributed by atoms with Crippen LogP contribution in [0.4, 0.5) is 0 Å². The molecule has 1 aromatic carbocycles. The second-order valence-corrected chi connectivity index (χ2v) is 9.90. The smallest absolute Gasteiger partial charge is 0.339 e. The summed E-state index contributed by atoms with van der Waals surface area (Å²) in [4.78, 5) is 24.7. The van der Waals surface area contributed by atoms with Gasteiger partial charge in [-0.05, 0) is 55.6 Å². The van der Waals surface area contributed by atoms with E-state index in [1.807, 2.05) is 11.6 Å². The molecule has 2 aromatic rings. The number of carbonyl (C=O) groups excluding carboxylic acids is 1. The van der Waals surface area contributed by atoms with Crippen molar-refractivity contribution in [2.24, 2.45) is 11.3 Å². The van der Waals surface area contributed by atoms with Gasteiger partial charge >= 0.3 is 5.97 Å². The van der Waals surface area contributed by atoms with E-state index >= 15 is 0 Å². The van der Waals surface area contributed by atoms with Gasteiger partial charge in [-0.2, -0.15) is 5.10 Å². The van der Waals surface area contributed by atoms with Gasteiger partial charge in [-0.15, -0.1) is 0 Å². The van der Waals surface area contributed by atoms with Gasteiger partial charge in [0.05, 0.1) is 24.1 Å². The molecular formula is C25H32ClN3O5. The topological polar surface area (TPSA) is 103 Å². The molecule has 1 amide bonds. The van der Waals surface area contributed by atoms with E-state index < -0.39 is 5.97 Å². The number of halogens is 1. The largest absolute Gasteiger partial charge is 0.496 e. The Balaban J connectivity index is 1.65. The number of hydrogen-bond acceptors (Lipinski definition) is 5. The van der Waals surface area contributed by atoms with Crippen LogP contribution in [0.1, 0.15) is 64.4 Å². The average molecular weight is 490 g/mol. The molecule has 2 aliphatic heterocycles. The van der Waals surface area contributed by atoms with Crippen LogP contribution in [-0.2, 0) is 30.5 Å². The summed E-state index contributed by atoms with van der Waals surface area (Å²) in [5.74, 6) is -0.741. The third-order valence-electron chi connectivity index (χ3n) is 7.09. The van der Waals surface area contributed by atoms with Crippen LogP contribution < -0.4 is 10.1 Å². The number of methoxy groups -OCH3 is 1. The molecule has 0 bridgehead atoms. The number of benzene rings is 1. The molecule has 1 atom stereocenters. The Hall–Kier alpha value is -2.58. The van der Waals surface area contributed by atoms with E-state index in [1.165, 1.54) is 13.2 Å². The van der Waals surface area contributed by atoms with Crippen LogP contribution in [-0.4, -0.2) is 53.6 Å². The molecule has 8 nitrogen and oxygen atoms in total. The molecule has 1 saturated heterocycles. The van der Waals surface area contributed by atoms with Crippen LogP contribution in [0.3, 0.4) is 0 Å². The van der Waals surface area contributed by atoms with Crippen molar-refractivity contribution in [2.45, 2.75) is 52.5 Å². The first-order valence-electron chi connectivity index (χ1n) is 11.8. The highest BCUT2D eigenvalue weighted by Gasteiger charge is 2.39. The van der Waals surface area contributed by atoms with E-state index in [4.69, 9.17) is 26.2 Å². The number of nitrogens with one attached hydrogen (secondary N) is 1. The molecule has 1 spiro atoms. The Bertz CT molecular complexity index is 1090. The predicted molar refractivity (Wildman–Crippen MR) is 128 cm³/mol. The maximum Gasteiger partial charge on any atom is 0.339 e. The quantitative estimate of drug-likeness (QED) is 0.613. The molecule has 9 heteroatoms. The lowest BCUT2D eigenvalue weighted by Crippen LogP contribution is -2.40. The summed E-state index contributed by atoms with van der Waals surface area (Å²) < 4.78 is 13.0. The Kier molecular flexibility index (Phi) is 7.19. The first-order chi connectivity index (χ1) is 16.3. The van der Waals surface area contributed by atoms with Crippen molar-refractivity contribution < 1.29 is 24.2 Å². The summed E-state index contributed by atoms with van der Waals surface area (Å²) in [6.45, 7) is 6.73. The zero-order valence-electron chi connectivity index (χ0n) is 19.9. The highest BCUT2D eigenvalue weighted by Crippen LogP contribution is 2.38. The van der Waals surface area contributed by atoms with Gasteiger partial charge in [-0.3, -0.25) is 9.48 Å². The number of ether oxygens (including phenoxy) is 2. The molecule has 2 N–H and O–H groups in total. The van der Waals surface area contributed by atoms with Gasteiger partial charge in [0.1, 0.15) is 11.3 Å². The van der Waals surface area contributed by atoms with E-state index in [0.29, 0.717) is 61.0 Å². The molecule has 3 heterocycles.